The zero-order valence-electron chi connectivity index (χ0n) is 20.9. The first kappa shape index (κ1) is 24.1. The summed E-state index contributed by atoms with van der Waals surface area (Å²) in [6.07, 6.45) is 8.19. The third kappa shape index (κ3) is 4.77. The monoisotopic (exact) mass is 483 g/mol. The van der Waals surface area contributed by atoms with Gasteiger partial charge in [0.2, 0.25) is 0 Å². The maximum atomic E-state index is 12.3. The van der Waals surface area contributed by atoms with Gasteiger partial charge in [0.15, 0.2) is 0 Å². The summed E-state index contributed by atoms with van der Waals surface area (Å²) >= 11 is 0. The number of rotatable bonds is 5. The largest absolute Gasteiger partial charge is 0.481 e. The molecule has 5 rings (SSSR count). The van der Waals surface area contributed by atoms with Crippen LogP contribution in [0.3, 0.4) is 0 Å². The molecular formula is C27H37N3O5. The lowest BCUT2D eigenvalue weighted by Crippen LogP contribution is -2.35. The van der Waals surface area contributed by atoms with Crippen molar-refractivity contribution >= 4 is 23.1 Å². The van der Waals surface area contributed by atoms with Crippen molar-refractivity contribution in [3.05, 3.63) is 29.1 Å². The van der Waals surface area contributed by atoms with Gasteiger partial charge in [-0.3, -0.25) is 4.79 Å². The first-order chi connectivity index (χ1) is 17.0. The van der Waals surface area contributed by atoms with E-state index in [0.717, 1.165) is 67.6 Å². The fourth-order valence-electron chi connectivity index (χ4n) is 6.33. The normalized spacial score (nSPS) is 25.8. The van der Waals surface area contributed by atoms with Crippen LogP contribution in [-0.4, -0.2) is 58.0 Å². The van der Waals surface area contributed by atoms with Gasteiger partial charge in [-0.15, -0.1) is 0 Å². The number of carbonyl (C=O) groups is 2. The number of carboxylic acid groups (broad SMARTS) is 1. The van der Waals surface area contributed by atoms with Crippen LogP contribution in [-0.2, 0) is 27.2 Å². The molecule has 1 saturated heterocycles. The number of aliphatic carboxylic acids is 1. The summed E-state index contributed by atoms with van der Waals surface area (Å²) in [5, 5.41) is 9.48. The molecule has 1 saturated carbocycles. The molecule has 8 nitrogen and oxygen atoms in total. The Balaban J connectivity index is 1.52. The second-order valence-electron chi connectivity index (χ2n) is 10.5. The highest BCUT2D eigenvalue weighted by atomic mass is 16.5. The van der Waals surface area contributed by atoms with Crippen LogP contribution in [0.25, 0.3) is 11.0 Å². The van der Waals surface area contributed by atoms with E-state index in [9.17, 15) is 14.7 Å². The Hall–Kier alpha value is -2.61. The van der Waals surface area contributed by atoms with Crippen LogP contribution in [0.2, 0.25) is 0 Å². The first-order valence-electron chi connectivity index (χ1n) is 13.2. The van der Waals surface area contributed by atoms with Gasteiger partial charge in [0.05, 0.1) is 36.7 Å². The van der Waals surface area contributed by atoms with Gasteiger partial charge in [0.25, 0.3) is 0 Å². The third-order valence-corrected chi connectivity index (χ3v) is 8.28. The molecule has 3 heterocycles. The van der Waals surface area contributed by atoms with E-state index in [-0.39, 0.29) is 30.1 Å². The summed E-state index contributed by atoms with van der Waals surface area (Å²) in [5.74, 6) is 0.370. The van der Waals surface area contributed by atoms with E-state index < -0.39 is 5.97 Å². The summed E-state index contributed by atoms with van der Waals surface area (Å²) in [7, 11) is 1.42. The minimum atomic E-state index is -0.684. The highest BCUT2D eigenvalue weighted by Gasteiger charge is 2.33. The van der Waals surface area contributed by atoms with E-state index in [1.807, 2.05) is 0 Å². The fraction of sp³-hybridized carbons (Fsp3) is 0.667. The molecule has 190 valence electrons. The number of amides is 1. The molecule has 2 aromatic rings. The molecule has 1 aromatic heterocycles. The van der Waals surface area contributed by atoms with Gasteiger partial charge in [-0.05, 0) is 76.3 Å². The van der Waals surface area contributed by atoms with Crippen molar-refractivity contribution in [1.29, 1.82) is 0 Å². The van der Waals surface area contributed by atoms with Crippen LogP contribution in [0.5, 0.6) is 0 Å². The molecule has 0 spiro atoms. The Kier molecular flexibility index (Phi) is 7.00. The SMILES string of the molecule is COC(=O)N1CCc2ccc3c(nc(C4CCC(C(=O)O)CC4)n3C(C)C[C@@H]3CCCCO3)c2C1. The summed E-state index contributed by atoms with van der Waals surface area (Å²) in [6, 6.07) is 4.60. The highest BCUT2D eigenvalue weighted by molar-refractivity contribution is 5.82. The standard InChI is InChI=1S/C27H37N3O5/c1-17(15-21-5-3-4-14-35-21)30-23-11-10-18-12-13-29(27(33)34-2)16-22(18)24(23)28-25(30)19-6-8-20(9-7-19)26(31)32/h10-11,17,19-21H,3-9,12-16H2,1-2H3,(H,31,32)/t17?,19?,20?,21-/m0/s1. The predicted molar refractivity (Wildman–Crippen MR) is 132 cm³/mol. The third-order valence-electron chi connectivity index (χ3n) is 8.28. The predicted octanol–water partition coefficient (Wildman–Crippen LogP) is 5.04. The summed E-state index contributed by atoms with van der Waals surface area (Å²) < 4.78 is 13.5. The highest BCUT2D eigenvalue weighted by Crippen LogP contribution is 2.40. The zero-order valence-corrected chi connectivity index (χ0v) is 20.9. The molecule has 8 heteroatoms. The lowest BCUT2D eigenvalue weighted by atomic mass is 9.81. The number of methoxy groups -OCH3 is 1. The number of ether oxygens (including phenoxy) is 2. The van der Waals surface area contributed by atoms with Crippen molar-refractivity contribution < 1.29 is 24.2 Å². The number of carboxylic acids is 1. The molecular weight excluding hydrogens is 446 g/mol. The van der Waals surface area contributed by atoms with Crippen molar-refractivity contribution in [2.75, 3.05) is 20.3 Å². The molecule has 3 aliphatic rings. The Morgan fingerprint density at radius 1 is 1.20 bits per heavy atom. The van der Waals surface area contributed by atoms with Gasteiger partial charge in [-0.1, -0.05) is 6.07 Å². The minimum Gasteiger partial charge on any atom is -0.481 e. The summed E-state index contributed by atoms with van der Waals surface area (Å²) in [5.41, 5.74) is 4.43. The van der Waals surface area contributed by atoms with Crippen molar-refractivity contribution in [1.82, 2.24) is 14.5 Å². The van der Waals surface area contributed by atoms with Crippen LogP contribution in [0.15, 0.2) is 12.1 Å². The molecule has 0 radical (unpaired) electrons. The molecule has 1 amide bonds. The topological polar surface area (TPSA) is 93.9 Å². The second kappa shape index (κ2) is 10.2. The summed E-state index contributed by atoms with van der Waals surface area (Å²) in [6.45, 7) is 4.24. The number of carbonyl (C=O) groups excluding carboxylic acids is 1. The lowest BCUT2D eigenvalue weighted by Gasteiger charge is -2.30. The number of hydrogen-bond donors (Lipinski definition) is 1. The summed E-state index contributed by atoms with van der Waals surface area (Å²) in [4.78, 5) is 30.8. The Bertz CT molecular complexity index is 1080. The van der Waals surface area contributed by atoms with E-state index in [4.69, 9.17) is 14.5 Å². The molecule has 1 N–H and O–H groups in total. The van der Waals surface area contributed by atoms with Crippen molar-refractivity contribution in [2.24, 2.45) is 5.92 Å². The van der Waals surface area contributed by atoms with E-state index in [1.165, 1.54) is 19.1 Å². The quantitative estimate of drug-likeness (QED) is 0.640. The van der Waals surface area contributed by atoms with Crippen LogP contribution >= 0.6 is 0 Å². The van der Waals surface area contributed by atoms with Crippen LogP contribution < -0.4 is 0 Å². The first-order valence-corrected chi connectivity index (χ1v) is 13.2. The van der Waals surface area contributed by atoms with E-state index in [2.05, 4.69) is 23.6 Å². The fourth-order valence-corrected chi connectivity index (χ4v) is 6.33. The average Bonchev–Trinajstić information content (AvgIpc) is 3.29. The molecule has 0 bridgehead atoms. The maximum Gasteiger partial charge on any atom is 0.409 e. The number of aromatic nitrogens is 2. The maximum absolute atomic E-state index is 12.3. The number of hydrogen-bond acceptors (Lipinski definition) is 5. The van der Waals surface area contributed by atoms with Crippen LogP contribution in [0.4, 0.5) is 4.79 Å². The number of nitrogens with zero attached hydrogens (tertiary/aromatic N) is 3. The molecule has 35 heavy (non-hydrogen) atoms. The number of imidazole rings is 1. The number of benzene rings is 1. The average molecular weight is 484 g/mol. The van der Waals surface area contributed by atoms with Gasteiger partial charge in [0.1, 0.15) is 5.82 Å². The van der Waals surface area contributed by atoms with Crippen LogP contribution in [0, 0.1) is 5.92 Å². The Labute approximate surface area is 206 Å². The minimum absolute atomic E-state index is 0.216. The molecule has 2 atom stereocenters. The molecule has 1 aliphatic carbocycles. The molecule has 2 aliphatic heterocycles. The van der Waals surface area contributed by atoms with E-state index >= 15 is 0 Å². The van der Waals surface area contributed by atoms with Crippen molar-refractivity contribution in [3.8, 4) is 0 Å². The second-order valence-corrected chi connectivity index (χ2v) is 10.5. The van der Waals surface area contributed by atoms with Gasteiger partial charge < -0.3 is 24.0 Å². The molecule has 1 unspecified atom stereocenters. The smallest absolute Gasteiger partial charge is 0.409 e. The molecule has 2 fully saturated rings. The van der Waals surface area contributed by atoms with Crippen molar-refractivity contribution in [2.45, 2.75) is 89.3 Å². The van der Waals surface area contributed by atoms with E-state index in [0.29, 0.717) is 25.9 Å². The lowest BCUT2D eigenvalue weighted by molar-refractivity contribution is -0.142. The van der Waals surface area contributed by atoms with Gasteiger partial charge in [0, 0.05) is 30.7 Å². The van der Waals surface area contributed by atoms with E-state index in [1.54, 1.807) is 4.90 Å². The Morgan fingerprint density at radius 3 is 2.69 bits per heavy atom. The van der Waals surface area contributed by atoms with Crippen molar-refractivity contribution in [3.63, 3.8) is 0 Å². The van der Waals surface area contributed by atoms with Gasteiger partial charge in [-0.25, -0.2) is 9.78 Å². The Morgan fingerprint density at radius 2 is 2.00 bits per heavy atom. The molecule has 1 aromatic carbocycles. The number of fused-ring (bicyclic) bond motifs is 3. The van der Waals surface area contributed by atoms with Gasteiger partial charge >= 0.3 is 12.1 Å². The zero-order chi connectivity index (χ0) is 24.5. The van der Waals surface area contributed by atoms with Gasteiger partial charge in [-0.2, -0.15) is 0 Å². The van der Waals surface area contributed by atoms with Crippen LogP contribution in [0.1, 0.15) is 87.2 Å².